The predicted octanol–water partition coefficient (Wildman–Crippen LogP) is 5.01. The van der Waals surface area contributed by atoms with E-state index < -0.39 is 166 Å². The monoisotopic (exact) mass is 1260 g/mol. The highest BCUT2D eigenvalue weighted by Crippen LogP contribution is 2.72. The lowest BCUT2D eigenvalue weighted by molar-refractivity contribution is -0.318. The number of nitrogens with one attached hydrogen (secondary N) is 1. The predicted molar refractivity (Wildman–Crippen MR) is 319 cm³/mol. The van der Waals surface area contributed by atoms with Crippen molar-refractivity contribution in [1.82, 2.24) is 15.1 Å². The van der Waals surface area contributed by atoms with Gasteiger partial charge < -0.3 is 78.8 Å². The minimum Gasteiger partial charge on any atom is -0.466 e. The van der Waals surface area contributed by atoms with Crippen LogP contribution in [0.15, 0.2) is 23.6 Å². The van der Waals surface area contributed by atoms with Crippen molar-refractivity contribution in [3.8, 4) is 0 Å². The number of methoxy groups -OCH3 is 2. The summed E-state index contributed by atoms with van der Waals surface area (Å²) in [5.74, 6) is -8.32. The first-order valence-corrected chi connectivity index (χ1v) is 32.1. The molecule has 4 aliphatic carbocycles. The molecule has 0 radical (unpaired) electrons. The highest BCUT2D eigenvalue weighted by atomic mass is 19.1. The van der Waals surface area contributed by atoms with E-state index in [1.54, 1.807) is 62.3 Å². The summed E-state index contributed by atoms with van der Waals surface area (Å²) in [4.78, 5) is 59.3. The Morgan fingerprint density at radius 1 is 0.886 bits per heavy atom. The van der Waals surface area contributed by atoms with Crippen molar-refractivity contribution in [3.05, 3.63) is 23.6 Å². The van der Waals surface area contributed by atoms with Gasteiger partial charge in [-0.15, -0.1) is 0 Å². The molecule has 88 heavy (non-hydrogen) atoms. The van der Waals surface area contributed by atoms with E-state index >= 15 is 8.78 Å². The standard InChI is InChI=1S/C65H107F2N3O18/c1-18-48-63(13,80)53(75)39(7)70(25-19-23-68-24-21-49(73)88-65(58(78)81-16)35(3)26-42-43-29-45(66)44-28-41(71)20-22-59(44,9)64(43,67)47(72)31-60(42,65)10)33-34(2)30-61(11,79)55(87-57-51(74)46(69(14)15)27-36(4)83-57)37(5)52(38(6)56(77)85-48)86-50-32-62(12,82-17)54(76)40(8)84-50/h20,22,34-40,42-43,46-48,50-55,57,68,72,74-76,79-80H,18-19,21,23-33H2,1-17H3/t34-,35-,36-,37+,38-,39-,40+,42?,43?,46+,47+,48-,50?,51-,52+,53-,54+,55?,57+,59+,60+,61-,62-,63-,64+,65+/m1/s1. The van der Waals surface area contributed by atoms with Crippen LogP contribution in [-0.4, -0.2) is 226 Å². The molecule has 23 heteroatoms. The second kappa shape index (κ2) is 27.4. The number of hydrogen-bond acceptors (Lipinski definition) is 21. The highest BCUT2D eigenvalue weighted by Gasteiger charge is 2.78. The van der Waals surface area contributed by atoms with Crippen LogP contribution in [0.2, 0.25) is 0 Å². The number of cyclic esters (lactones) is 1. The summed E-state index contributed by atoms with van der Waals surface area (Å²) in [6.07, 6.45) is -9.58. The molecular weight excluding hydrogens is 1150 g/mol. The first kappa shape index (κ1) is 72.3. The second-order valence-corrected chi connectivity index (χ2v) is 28.8. The first-order chi connectivity index (χ1) is 40.9. The highest BCUT2D eigenvalue weighted by molar-refractivity contribution is 5.94. The fourth-order valence-electron chi connectivity index (χ4n) is 17.2. The van der Waals surface area contributed by atoms with Crippen molar-refractivity contribution in [1.29, 1.82) is 0 Å². The molecule has 0 spiro atoms. The number of carbonyl (C=O) groups is 4. The molecule has 3 aliphatic heterocycles. The van der Waals surface area contributed by atoms with Crippen molar-refractivity contribution in [2.24, 2.45) is 46.3 Å². The van der Waals surface area contributed by atoms with Crippen LogP contribution >= 0.6 is 0 Å². The molecule has 7 N–H and O–H groups in total. The number of hydrogen-bond donors (Lipinski definition) is 7. The Hall–Kier alpha value is -3.14. The molecule has 0 aromatic rings. The van der Waals surface area contributed by atoms with Crippen LogP contribution in [0.4, 0.5) is 8.78 Å². The van der Waals surface area contributed by atoms with E-state index in [4.69, 9.17) is 37.9 Å². The number of halogens is 2. The van der Waals surface area contributed by atoms with E-state index in [9.17, 15) is 49.8 Å². The maximum Gasteiger partial charge on any atom is 0.351 e. The number of fused-ring (bicyclic) bond motifs is 5. The Balaban J connectivity index is 1.10. The van der Waals surface area contributed by atoms with Crippen molar-refractivity contribution in [2.75, 3.05) is 54.5 Å². The second-order valence-electron chi connectivity index (χ2n) is 28.8. The Morgan fingerprint density at radius 3 is 2.18 bits per heavy atom. The summed E-state index contributed by atoms with van der Waals surface area (Å²) in [6, 6.07) is -1.14. The van der Waals surface area contributed by atoms with Gasteiger partial charge in [-0.25, -0.2) is 13.6 Å². The number of aliphatic hydroxyl groups excluding tert-OH is 4. The Labute approximate surface area is 519 Å². The molecule has 3 heterocycles. The minimum atomic E-state index is -2.40. The molecular formula is C65H107F2N3O18. The zero-order valence-corrected chi connectivity index (χ0v) is 55.3. The third-order valence-electron chi connectivity index (χ3n) is 22.3. The lowest BCUT2D eigenvalue weighted by Gasteiger charge is -2.62. The maximum atomic E-state index is 18.0. The lowest BCUT2D eigenvalue weighted by Crippen LogP contribution is -2.70. The average molecular weight is 1260 g/mol. The third-order valence-corrected chi connectivity index (χ3v) is 22.3. The van der Waals surface area contributed by atoms with Crippen LogP contribution in [0.5, 0.6) is 0 Å². The molecule has 0 aromatic carbocycles. The van der Waals surface area contributed by atoms with E-state index in [1.165, 1.54) is 40.2 Å². The van der Waals surface area contributed by atoms with Gasteiger partial charge in [0.15, 0.2) is 24.0 Å². The quantitative estimate of drug-likeness (QED) is 0.0608. The first-order valence-electron chi connectivity index (χ1n) is 32.1. The molecule has 7 rings (SSSR count). The zero-order valence-electron chi connectivity index (χ0n) is 55.3. The maximum absolute atomic E-state index is 18.0. The Kier molecular flexibility index (Phi) is 22.5. The molecule has 504 valence electrons. The summed E-state index contributed by atoms with van der Waals surface area (Å²) in [6.45, 7) is 23.1. The molecule has 7 aliphatic rings. The van der Waals surface area contributed by atoms with Crippen LogP contribution in [0.25, 0.3) is 0 Å². The fraction of sp³-hybridized carbons (Fsp3) is 0.877. The summed E-state index contributed by atoms with van der Waals surface area (Å²) in [5, 5.41) is 76.0. The number of ketones is 1. The topological polar surface area (TPSA) is 282 Å². The van der Waals surface area contributed by atoms with Crippen molar-refractivity contribution in [3.63, 3.8) is 0 Å². The zero-order chi connectivity index (χ0) is 65.8. The number of alkyl halides is 1. The summed E-state index contributed by atoms with van der Waals surface area (Å²) in [7, 11) is 6.36. The molecule has 3 saturated heterocycles. The third kappa shape index (κ3) is 13.2. The van der Waals surface area contributed by atoms with Gasteiger partial charge in [0, 0.05) is 80.1 Å². The lowest BCUT2D eigenvalue weighted by atomic mass is 9.45. The number of esters is 3. The molecule has 26 atom stereocenters. The van der Waals surface area contributed by atoms with Crippen LogP contribution in [0, 0.1) is 46.3 Å². The number of carbonyl (C=O) groups excluding carboxylic acids is 4. The van der Waals surface area contributed by atoms with Crippen molar-refractivity contribution >= 4 is 23.7 Å². The van der Waals surface area contributed by atoms with Crippen molar-refractivity contribution < 1.29 is 96.5 Å². The molecule has 21 nitrogen and oxygen atoms in total. The van der Waals surface area contributed by atoms with Crippen LogP contribution in [0.1, 0.15) is 154 Å². The number of likely N-dealkylation sites (N-methyl/N-ethyl adjacent to an activating group) is 1. The van der Waals surface area contributed by atoms with Gasteiger partial charge in [0.2, 0.25) is 5.60 Å². The van der Waals surface area contributed by atoms with Gasteiger partial charge in [-0.2, -0.15) is 0 Å². The molecule has 0 bridgehead atoms. The summed E-state index contributed by atoms with van der Waals surface area (Å²) < 4.78 is 84.1. The Morgan fingerprint density at radius 2 is 1.56 bits per heavy atom. The minimum absolute atomic E-state index is 0.0145. The average Bonchev–Trinajstić information content (AvgIpc) is 1.29. The largest absolute Gasteiger partial charge is 0.466 e. The van der Waals surface area contributed by atoms with Gasteiger partial charge in [0.05, 0.1) is 61.2 Å². The van der Waals surface area contributed by atoms with E-state index in [0.29, 0.717) is 25.9 Å². The molecule has 2 saturated carbocycles. The van der Waals surface area contributed by atoms with E-state index in [-0.39, 0.29) is 87.5 Å². The van der Waals surface area contributed by atoms with Gasteiger partial charge in [-0.3, -0.25) is 19.3 Å². The van der Waals surface area contributed by atoms with Gasteiger partial charge in [-0.05, 0) is 145 Å². The number of ether oxygens (including phenoxy) is 8. The number of nitrogens with zero attached hydrogens (tertiary/aromatic N) is 2. The van der Waals surface area contributed by atoms with Gasteiger partial charge >= 0.3 is 17.9 Å². The van der Waals surface area contributed by atoms with Crippen molar-refractivity contribution in [2.45, 2.75) is 262 Å². The van der Waals surface area contributed by atoms with Crippen LogP contribution in [-0.2, 0) is 57.1 Å². The Bertz CT molecular complexity index is 2540. The normalized spacial score (nSPS) is 47.3. The molecule has 0 aromatic heterocycles. The van der Waals surface area contributed by atoms with E-state index in [0.717, 1.165) is 0 Å². The fourth-order valence-corrected chi connectivity index (χ4v) is 17.2. The van der Waals surface area contributed by atoms with Gasteiger partial charge in [-0.1, -0.05) is 40.7 Å². The molecule has 0 amide bonds. The number of allylic oxidation sites excluding steroid dienone is 4. The molecule has 5 fully saturated rings. The van der Waals surface area contributed by atoms with E-state index in [1.807, 2.05) is 37.7 Å². The van der Waals surface area contributed by atoms with Gasteiger partial charge in [0.1, 0.15) is 35.8 Å². The van der Waals surface area contributed by atoms with E-state index in [2.05, 4.69) is 5.32 Å². The van der Waals surface area contributed by atoms with Crippen LogP contribution in [0.3, 0.4) is 0 Å². The summed E-state index contributed by atoms with van der Waals surface area (Å²) >= 11 is 0. The summed E-state index contributed by atoms with van der Waals surface area (Å²) in [5.41, 5.74) is -12.2. The van der Waals surface area contributed by atoms with Crippen LogP contribution < -0.4 is 5.32 Å². The molecule has 4 unspecified atom stereocenters. The smallest absolute Gasteiger partial charge is 0.351 e. The SMILES string of the molecule is CC[C@H]1OC(=O)[C@H](C)[C@@H](OC2C[C@@](C)(OC)[C@@H](O)[C@H](C)O2)[C@H](C)C(O[C@@H]2O[C@H](C)C[C@H](N(C)C)[C@H]2O)[C@](C)(O)C[C@@H](C)CN(CCCNCCC(=O)O[C@]2(C(=O)OC)[C@H](C)CC3C4CC(F)=C5CC(=O)C=C[C@]5(C)[C@@]4(F)[C@@H](O)C[C@@]32C)[C@H](C)[C@@H](O)[C@]1(C)O. The number of rotatable bonds is 16. The van der Waals surface area contributed by atoms with Gasteiger partial charge in [0.25, 0.3) is 0 Å². The number of aliphatic hydroxyl groups is 6.